The molecule has 17 heavy (non-hydrogen) atoms. The zero-order valence-electron chi connectivity index (χ0n) is 10.2. The lowest BCUT2D eigenvalue weighted by atomic mass is 10.2. The van der Waals surface area contributed by atoms with Crippen molar-refractivity contribution in [1.82, 2.24) is 20.0 Å². The molecule has 6 heteroatoms. The van der Waals surface area contributed by atoms with Gasteiger partial charge in [-0.05, 0) is 19.9 Å². The number of rotatable bonds is 2. The third-order valence-electron chi connectivity index (χ3n) is 3.01. The van der Waals surface area contributed by atoms with Crippen LogP contribution in [0.3, 0.4) is 0 Å². The van der Waals surface area contributed by atoms with E-state index < -0.39 is 6.04 Å². The van der Waals surface area contributed by atoms with Crippen molar-refractivity contribution in [3.05, 3.63) is 17.5 Å². The van der Waals surface area contributed by atoms with Gasteiger partial charge in [0.25, 0.3) is 0 Å². The number of carbonyl (C=O) groups is 2. The molecule has 1 N–H and O–H groups in total. The number of carbonyl (C=O) groups excluding carboxylic acids is 2. The molecule has 1 saturated heterocycles. The Morgan fingerprint density at radius 1 is 1.53 bits per heavy atom. The van der Waals surface area contributed by atoms with Gasteiger partial charge in [0, 0.05) is 7.05 Å². The minimum atomic E-state index is -0.425. The van der Waals surface area contributed by atoms with Gasteiger partial charge >= 0.3 is 0 Å². The van der Waals surface area contributed by atoms with E-state index in [1.165, 1.54) is 0 Å². The monoisotopic (exact) mass is 236 g/mol. The summed E-state index contributed by atoms with van der Waals surface area (Å²) in [5.74, 6) is -0.167. The normalized spacial score (nSPS) is 20.6. The fourth-order valence-electron chi connectivity index (χ4n) is 1.98. The van der Waals surface area contributed by atoms with E-state index in [1.54, 1.807) is 16.5 Å². The lowest BCUT2D eigenvalue weighted by Gasteiger charge is -2.32. The molecule has 0 spiro atoms. The molecule has 6 nitrogen and oxygen atoms in total. The first-order valence-corrected chi connectivity index (χ1v) is 5.55. The van der Waals surface area contributed by atoms with Crippen LogP contribution in [0, 0.1) is 6.92 Å². The first-order chi connectivity index (χ1) is 7.99. The number of hydrogen-bond donors (Lipinski definition) is 1. The molecule has 0 radical (unpaired) electrons. The van der Waals surface area contributed by atoms with Gasteiger partial charge in [0.15, 0.2) is 0 Å². The number of piperazine rings is 1. The number of hydrogen-bond acceptors (Lipinski definition) is 3. The zero-order valence-corrected chi connectivity index (χ0v) is 10.2. The predicted octanol–water partition coefficient (Wildman–Crippen LogP) is -0.425. The van der Waals surface area contributed by atoms with Crippen molar-refractivity contribution in [3.8, 4) is 0 Å². The fourth-order valence-corrected chi connectivity index (χ4v) is 1.98. The Bertz CT molecular complexity index is 466. The summed E-state index contributed by atoms with van der Waals surface area (Å²) in [5.41, 5.74) is 1.83. The van der Waals surface area contributed by atoms with Crippen LogP contribution in [0.2, 0.25) is 0 Å². The van der Waals surface area contributed by atoms with Gasteiger partial charge in [-0.2, -0.15) is 5.10 Å². The number of aryl methyl sites for hydroxylation is 2. The van der Waals surface area contributed by atoms with Crippen LogP contribution in [0.1, 0.15) is 18.3 Å². The highest BCUT2D eigenvalue weighted by molar-refractivity contribution is 5.94. The van der Waals surface area contributed by atoms with Crippen LogP contribution in [0.15, 0.2) is 6.07 Å². The second kappa shape index (κ2) is 4.20. The summed E-state index contributed by atoms with van der Waals surface area (Å²) in [6, 6.07) is 1.50. The minimum Gasteiger partial charge on any atom is -0.345 e. The van der Waals surface area contributed by atoms with E-state index in [4.69, 9.17) is 0 Å². The Balaban J connectivity index is 2.19. The van der Waals surface area contributed by atoms with Crippen LogP contribution < -0.4 is 5.32 Å². The maximum Gasteiger partial charge on any atom is 0.242 e. The lowest BCUT2D eigenvalue weighted by Crippen LogP contribution is -2.56. The van der Waals surface area contributed by atoms with Gasteiger partial charge < -0.3 is 10.2 Å². The highest BCUT2D eigenvalue weighted by Gasteiger charge is 2.31. The molecule has 1 aromatic heterocycles. The summed E-state index contributed by atoms with van der Waals surface area (Å²) in [4.78, 5) is 24.8. The van der Waals surface area contributed by atoms with Crippen molar-refractivity contribution in [2.75, 3.05) is 6.54 Å². The molecule has 2 rings (SSSR count). The van der Waals surface area contributed by atoms with Crippen molar-refractivity contribution in [2.45, 2.75) is 26.4 Å². The Labute approximate surface area is 99.6 Å². The summed E-state index contributed by atoms with van der Waals surface area (Å²) in [6.07, 6.45) is 0. The third kappa shape index (κ3) is 2.15. The largest absolute Gasteiger partial charge is 0.345 e. The second-order valence-corrected chi connectivity index (χ2v) is 4.32. The van der Waals surface area contributed by atoms with Crippen molar-refractivity contribution in [3.63, 3.8) is 0 Å². The number of amides is 2. The van der Waals surface area contributed by atoms with Gasteiger partial charge in [-0.15, -0.1) is 0 Å². The molecule has 0 saturated carbocycles. The lowest BCUT2D eigenvalue weighted by molar-refractivity contribution is -0.145. The van der Waals surface area contributed by atoms with E-state index in [9.17, 15) is 9.59 Å². The first-order valence-electron chi connectivity index (χ1n) is 5.55. The predicted molar refractivity (Wildman–Crippen MR) is 61.0 cm³/mol. The fraction of sp³-hybridized carbons (Fsp3) is 0.545. The van der Waals surface area contributed by atoms with E-state index in [2.05, 4.69) is 10.4 Å². The molecule has 0 bridgehead atoms. The van der Waals surface area contributed by atoms with Crippen molar-refractivity contribution < 1.29 is 9.59 Å². The highest BCUT2D eigenvalue weighted by atomic mass is 16.2. The average Bonchev–Trinajstić information content (AvgIpc) is 2.58. The van der Waals surface area contributed by atoms with E-state index in [0.717, 1.165) is 11.4 Å². The van der Waals surface area contributed by atoms with Gasteiger partial charge in [-0.1, -0.05) is 0 Å². The smallest absolute Gasteiger partial charge is 0.242 e. The molecule has 0 aliphatic carbocycles. The average molecular weight is 236 g/mol. The van der Waals surface area contributed by atoms with E-state index >= 15 is 0 Å². The summed E-state index contributed by atoms with van der Waals surface area (Å²) in [5, 5.41) is 6.79. The Kier molecular flexibility index (Phi) is 2.87. The van der Waals surface area contributed by atoms with E-state index in [-0.39, 0.29) is 18.4 Å². The van der Waals surface area contributed by atoms with Gasteiger partial charge in [-0.25, -0.2) is 0 Å². The van der Waals surface area contributed by atoms with Crippen LogP contribution in [0.4, 0.5) is 0 Å². The Hall–Kier alpha value is -1.85. The molecule has 1 unspecified atom stereocenters. The quantitative estimate of drug-likeness (QED) is 0.758. The van der Waals surface area contributed by atoms with Crippen LogP contribution in [0.25, 0.3) is 0 Å². The van der Waals surface area contributed by atoms with Crippen LogP contribution in [-0.2, 0) is 23.2 Å². The van der Waals surface area contributed by atoms with Gasteiger partial charge in [0.05, 0.1) is 24.5 Å². The molecular weight excluding hydrogens is 220 g/mol. The van der Waals surface area contributed by atoms with Crippen LogP contribution in [-0.4, -0.2) is 39.1 Å². The Morgan fingerprint density at radius 2 is 2.24 bits per heavy atom. The minimum absolute atomic E-state index is 0.0593. The third-order valence-corrected chi connectivity index (χ3v) is 3.01. The van der Waals surface area contributed by atoms with Gasteiger partial charge in [0.2, 0.25) is 11.8 Å². The topological polar surface area (TPSA) is 67.2 Å². The highest BCUT2D eigenvalue weighted by Crippen LogP contribution is 2.12. The number of nitrogens with one attached hydrogen (secondary N) is 1. The second-order valence-electron chi connectivity index (χ2n) is 4.32. The summed E-state index contributed by atoms with van der Waals surface area (Å²) in [6.45, 7) is 4.14. The standard InChI is InChI=1S/C11H16N4O2/c1-7-4-9(14(3)13-7)6-15-8(2)11(17)12-5-10(15)16/h4,8H,5-6H2,1-3H3,(H,12,17). The summed E-state index contributed by atoms with van der Waals surface area (Å²) in [7, 11) is 1.83. The molecule has 2 heterocycles. The number of nitrogens with zero attached hydrogens (tertiary/aromatic N) is 3. The zero-order chi connectivity index (χ0) is 12.6. The van der Waals surface area contributed by atoms with E-state index in [1.807, 2.05) is 20.0 Å². The Morgan fingerprint density at radius 3 is 2.82 bits per heavy atom. The van der Waals surface area contributed by atoms with Crippen LogP contribution in [0.5, 0.6) is 0 Å². The van der Waals surface area contributed by atoms with Crippen molar-refractivity contribution >= 4 is 11.8 Å². The first kappa shape index (κ1) is 11.6. The molecule has 1 fully saturated rings. The molecule has 0 aromatic carbocycles. The molecule has 2 amide bonds. The molecular formula is C11H16N4O2. The van der Waals surface area contributed by atoms with Gasteiger partial charge in [0.1, 0.15) is 6.04 Å². The molecule has 1 aromatic rings. The summed E-state index contributed by atoms with van der Waals surface area (Å²) >= 11 is 0. The van der Waals surface area contributed by atoms with Gasteiger partial charge in [-0.3, -0.25) is 14.3 Å². The van der Waals surface area contributed by atoms with Crippen LogP contribution >= 0.6 is 0 Å². The molecule has 1 aliphatic heterocycles. The maximum absolute atomic E-state index is 11.8. The van der Waals surface area contributed by atoms with Crippen molar-refractivity contribution in [1.29, 1.82) is 0 Å². The molecule has 1 atom stereocenters. The maximum atomic E-state index is 11.8. The van der Waals surface area contributed by atoms with Crippen molar-refractivity contribution in [2.24, 2.45) is 7.05 Å². The van der Waals surface area contributed by atoms with E-state index in [0.29, 0.717) is 6.54 Å². The molecule has 1 aliphatic rings. The summed E-state index contributed by atoms with van der Waals surface area (Å²) < 4.78 is 1.74. The molecule has 92 valence electrons. The number of aromatic nitrogens is 2. The SMILES string of the molecule is Cc1cc(CN2C(=O)CNC(=O)C2C)n(C)n1.